The van der Waals surface area contributed by atoms with Gasteiger partial charge in [0, 0.05) is 11.1 Å². The topological polar surface area (TPSA) is 42.0 Å². The quantitative estimate of drug-likeness (QED) is 0.704. The first kappa shape index (κ1) is 14.7. The van der Waals surface area contributed by atoms with Gasteiger partial charge in [-0.15, -0.1) is 0 Å². The summed E-state index contributed by atoms with van der Waals surface area (Å²) in [5.74, 6) is -0.619. The maximum absolute atomic E-state index is 13.1. The Kier molecular flexibility index (Phi) is 4.18. The van der Waals surface area contributed by atoms with Gasteiger partial charge in [0.1, 0.15) is 5.82 Å². The number of carbonyl (C=O) groups is 1. The van der Waals surface area contributed by atoms with Gasteiger partial charge in [-0.25, -0.2) is 9.37 Å². The molecule has 0 aliphatic heterocycles. The summed E-state index contributed by atoms with van der Waals surface area (Å²) >= 11 is 7.02. The maximum atomic E-state index is 13.1. The van der Waals surface area contributed by atoms with Gasteiger partial charge in [0.15, 0.2) is 5.13 Å². The van der Waals surface area contributed by atoms with Crippen molar-refractivity contribution in [2.24, 2.45) is 0 Å². The van der Waals surface area contributed by atoms with E-state index in [0.29, 0.717) is 20.4 Å². The summed E-state index contributed by atoms with van der Waals surface area (Å²) in [4.78, 5) is 16.1. The minimum absolute atomic E-state index is 0.297. The molecule has 0 aliphatic rings. The van der Waals surface area contributed by atoms with Crippen LogP contribution < -0.4 is 5.32 Å². The van der Waals surface area contributed by atoms with Crippen LogP contribution in [-0.2, 0) is 4.79 Å². The predicted molar refractivity (Wildman–Crippen MR) is 88.7 cm³/mol. The smallest absolute Gasteiger partial charge is 0.250 e. The van der Waals surface area contributed by atoms with E-state index >= 15 is 0 Å². The van der Waals surface area contributed by atoms with E-state index in [1.165, 1.54) is 29.5 Å². The van der Waals surface area contributed by atoms with Crippen molar-refractivity contribution in [2.45, 2.75) is 0 Å². The molecular weight excluding hydrogens is 323 g/mol. The van der Waals surface area contributed by atoms with Gasteiger partial charge in [-0.3, -0.25) is 10.1 Å². The van der Waals surface area contributed by atoms with E-state index in [9.17, 15) is 9.18 Å². The molecule has 0 spiro atoms. The number of hydrogen-bond acceptors (Lipinski definition) is 3. The molecule has 110 valence electrons. The SMILES string of the molecule is O=C(/C=C/c1ccc(Cl)cc1)Nc1nc2ccc(F)cc2s1. The van der Waals surface area contributed by atoms with Crippen LogP contribution in [-0.4, -0.2) is 10.9 Å². The highest BCUT2D eigenvalue weighted by molar-refractivity contribution is 7.22. The third kappa shape index (κ3) is 3.50. The molecule has 3 nitrogen and oxygen atoms in total. The highest BCUT2D eigenvalue weighted by Gasteiger charge is 2.06. The lowest BCUT2D eigenvalue weighted by molar-refractivity contribution is -0.111. The summed E-state index contributed by atoms with van der Waals surface area (Å²) in [6, 6.07) is 11.4. The summed E-state index contributed by atoms with van der Waals surface area (Å²) in [6.07, 6.45) is 3.09. The van der Waals surface area contributed by atoms with Gasteiger partial charge in [-0.2, -0.15) is 0 Å². The molecule has 3 rings (SSSR count). The fraction of sp³-hybridized carbons (Fsp3) is 0. The Morgan fingerprint density at radius 3 is 2.77 bits per heavy atom. The molecular formula is C16H10ClFN2OS. The van der Waals surface area contributed by atoms with Crippen molar-refractivity contribution >= 4 is 50.3 Å². The van der Waals surface area contributed by atoms with E-state index in [2.05, 4.69) is 10.3 Å². The number of rotatable bonds is 3. The van der Waals surface area contributed by atoms with Crippen LogP contribution in [0.25, 0.3) is 16.3 Å². The number of nitrogens with zero attached hydrogens (tertiary/aromatic N) is 1. The highest BCUT2D eigenvalue weighted by atomic mass is 35.5. The average Bonchev–Trinajstić information content (AvgIpc) is 2.88. The Morgan fingerprint density at radius 1 is 1.23 bits per heavy atom. The number of anilines is 1. The molecule has 0 bridgehead atoms. The molecule has 1 aromatic heterocycles. The van der Waals surface area contributed by atoms with E-state index in [4.69, 9.17) is 11.6 Å². The van der Waals surface area contributed by atoms with E-state index in [0.717, 1.165) is 5.56 Å². The maximum Gasteiger partial charge on any atom is 0.250 e. The summed E-state index contributed by atoms with van der Waals surface area (Å²) in [6.45, 7) is 0. The third-order valence-corrected chi connectivity index (χ3v) is 4.06. The minimum Gasteiger partial charge on any atom is -0.298 e. The van der Waals surface area contributed by atoms with Crippen LogP contribution in [0.1, 0.15) is 5.56 Å². The monoisotopic (exact) mass is 332 g/mol. The Balaban J connectivity index is 1.71. The van der Waals surface area contributed by atoms with Crippen molar-refractivity contribution in [3.05, 3.63) is 64.9 Å². The second kappa shape index (κ2) is 6.25. The highest BCUT2D eigenvalue weighted by Crippen LogP contribution is 2.26. The number of thiazole rings is 1. The molecule has 0 aliphatic carbocycles. The first-order chi connectivity index (χ1) is 10.6. The molecule has 2 aromatic carbocycles. The first-order valence-corrected chi connectivity index (χ1v) is 7.60. The Morgan fingerprint density at radius 2 is 2.00 bits per heavy atom. The van der Waals surface area contributed by atoms with Crippen LogP contribution >= 0.6 is 22.9 Å². The van der Waals surface area contributed by atoms with Crippen LogP contribution in [0.3, 0.4) is 0 Å². The van der Waals surface area contributed by atoms with Crippen LogP contribution in [0, 0.1) is 5.82 Å². The Bertz CT molecular complexity index is 858. The second-order valence-electron chi connectivity index (χ2n) is 4.51. The molecule has 0 fully saturated rings. The van der Waals surface area contributed by atoms with Gasteiger partial charge in [0.25, 0.3) is 0 Å². The van der Waals surface area contributed by atoms with Crippen molar-refractivity contribution in [2.75, 3.05) is 5.32 Å². The molecule has 1 N–H and O–H groups in total. The zero-order chi connectivity index (χ0) is 15.5. The van der Waals surface area contributed by atoms with Crippen molar-refractivity contribution in [3.63, 3.8) is 0 Å². The number of aromatic nitrogens is 1. The molecule has 1 heterocycles. The van der Waals surface area contributed by atoms with E-state index in [1.807, 2.05) is 12.1 Å². The largest absolute Gasteiger partial charge is 0.298 e. The van der Waals surface area contributed by atoms with Crippen molar-refractivity contribution in [1.82, 2.24) is 4.98 Å². The fourth-order valence-corrected chi connectivity index (χ4v) is 2.86. The molecule has 0 radical (unpaired) electrons. The lowest BCUT2D eigenvalue weighted by Gasteiger charge is -1.96. The summed E-state index contributed by atoms with van der Waals surface area (Å²) in [5, 5.41) is 3.74. The average molecular weight is 333 g/mol. The van der Waals surface area contributed by atoms with Gasteiger partial charge in [0.2, 0.25) is 5.91 Å². The number of carbonyl (C=O) groups excluding carboxylic acids is 1. The van der Waals surface area contributed by atoms with Crippen LogP contribution in [0.15, 0.2) is 48.5 Å². The van der Waals surface area contributed by atoms with Crippen LogP contribution in [0.4, 0.5) is 9.52 Å². The molecule has 0 unspecified atom stereocenters. The number of hydrogen-bond donors (Lipinski definition) is 1. The second-order valence-corrected chi connectivity index (χ2v) is 5.97. The number of nitrogens with one attached hydrogen (secondary N) is 1. The van der Waals surface area contributed by atoms with Crippen LogP contribution in [0.2, 0.25) is 5.02 Å². The lowest BCUT2D eigenvalue weighted by Crippen LogP contribution is -2.07. The molecule has 0 atom stereocenters. The first-order valence-electron chi connectivity index (χ1n) is 6.41. The van der Waals surface area contributed by atoms with Crippen LogP contribution in [0.5, 0.6) is 0 Å². The number of amides is 1. The van der Waals surface area contributed by atoms with Crippen molar-refractivity contribution in [1.29, 1.82) is 0 Å². The van der Waals surface area contributed by atoms with Gasteiger partial charge >= 0.3 is 0 Å². The van der Waals surface area contributed by atoms with Gasteiger partial charge < -0.3 is 0 Å². The zero-order valence-electron chi connectivity index (χ0n) is 11.2. The molecule has 22 heavy (non-hydrogen) atoms. The Hall–Kier alpha value is -2.24. The number of fused-ring (bicyclic) bond motifs is 1. The normalized spacial score (nSPS) is 11.2. The zero-order valence-corrected chi connectivity index (χ0v) is 12.8. The van der Waals surface area contributed by atoms with E-state index in [-0.39, 0.29) is 11.7 Å². The molecule has 6 heteroatoms. The van der Waals surface area contributed by atoms with Gasteiger partial charge in [-0.1, -0.05) is 35.1 Å². The predicted octanol–water partition coefficient (Wildman–Crippen LogP) is 4.74. The standard InChI is InChI=1S/C16H10ClFN2OS/c17-11-4-1-10(2-5-11)3-8-15(21)20-16-19-13-7-6-12(18)9-14(13)22-16/h1-9H,(H,19,20,21)/b8-3+. The fourth-order valence-electron chi connectivity index (χ4n) is 1.84. The van der Waals surface area contributed by atoms with Gasteiger partial charge in [-0.05, 0) is 42.0 Å². The van der Waals surface area contributed by atoms with Crippen molar-refractivity contribution < 1.29 is 9.18 Å². The molecule has 0 saturated heterocycles. The lowest BCUT2D eigenvalue weighted by atomic mass is 10.2. The van der Waals surface area contributed by atoms with Crippen molar-refractivity contribution in [3.8, 4) is 0 Å². The third-order valence-electron chi connectivity index (χ3n) is 2.88. The summed E-state index contributed by atoms with van der Waals surface area (Å²) < 4.78 is 13.8. The molecule has 3 aromatic rings. The molecule has 0 saturated carbocycles. The molecule has 1 amide bonds. The van der Waals surface area contributed by atoms with E-state index in [1.54, 1.807) is 24.3 Å². The minimum atomic E-state index is -0.323. The Labute approximate surface area is 135 Å². The number of halogens is 2. The summed E-state index contributed by atoms with van der Waals surface area (Å²) in [7, 11) is 0. The van der Waals surface area contributed by atoms with E-state index < -0.39 is 0 Å². The number of benzene rings is 2. The summed E-state index contributed by atoms with van der Waals surface area (Å²) in [5.41, 5.74) is 1.52. The van der Waals surface area contributed by atoms with Gasteiger partial charge in [0.05, 0.1) is 10.2 Å².